The average Bonchev–Trinajstić information content (AvgIpc) is 2.58. The van der Waals surface area contributed by atoms with Crippen LogP contribution in [-0.2, 0) is 15.3 Å². The van der Waals surface area contributed by atoms with Gasteiger partial charge in [0.25, 0.3) is 0 Å². The highest BCUT2D eigenvalue weighted by molar-refractivity contribution is 14.0. The Kier molecular flexibility index (Phi) is 11.3. The zero-order valence-electron chi connectivity index (χ0n) is 15.7. The van der Waals surface area contributed by atoms with Crippen LogP contribution >= 0.6 is 24.0 Å². The predicted molar refractivity (Wildman–Crippen MR) is 118 cm³/mol. The predicted octanol–water partition coefficient (Wildman–Crippen LogP) is 2.96. The molecular formula is C18H32IN3O2S. The lowest BCUT2D eigenvalue weighted by Crippen LogP contribution is -2.45. The van der Waals surface area contributed by atoms with Crippen molar-refractivity contribution in [3.8, 4) is 0 Å². The highest BCUT2D eigenvalue weighted by Crippen LogP contribution is 2.30. The Morgan fingerprint density at radius 2 is 1.72 bits per heavy atom. The van der Waals surface area contributed by atoms with Gasteiger partial charge in [-0.3, -0.25) is 4.99 Å². The molecule has 2 N–H and O–H groups in total. The monoisotopic (exact) mass is 481 g/mol. The summed E-state index contributed by atoms with van der Waals surface area (Å²) in [6.45, 7) is 5.79. The molecule has 0 fully saturated rings. The molecule has 1 rings (SSSR count). The lowest BCUT2D eigenvalue weighted by molar-refractivity contribution is 0.389. The van der Waals surface area contributed by atoms with Gasteiger partial charge in [0.15, 0.2) is 5.96 Å². The van der Waals surface area contributed by atoms with Crippen LogP contribution in [0.3, 0.4) is 0 Å². The van der Waals surface area contributed by atoms with E-state index in [0.29, 0.717) is 18.9 Å². The summed E-state index contributed by atoms with van der Waals surface area (Å²) < 4.78 is 22.3. The van der Waals surface area contributed by atoms with Gasteiger partial charge in [0.05, 0.1) is 5.75 Å². The fourth-order valence-corrected chi connectivity index (χ4v) is 3.49. The fourth-order valence-electron chi connectivity index (χ4n) is 2.82. The lowest BCUT2D eigenvalue weighted by atomic mass is 9.76. The van der Waals surface area contributed by atoms with Crippen molar-refractivity contribution in [2.45, 2.75) is 38.5 Å². The molecule has 0 unspecified atom stereocenters. The largest absolute Gasteiger partial charge is 0.356 e. The second-order valence-electron chi connectivity index (χ2n) is 6.19. The van der Waals surface area contributed by atoms with E-state index < -0.39 is 9.84 Å². The Morgan fingerprint density at radius 3 is 2.20 bits per heavy atom. The van der Waals surface area contributed by atoms with Crippen LogP contribution in [0.25, 0.3) is 0 Å². The van der Waals surface area contributed by atoms with Crippen molar-refractivity contribution in [2.24, 2.45) is 4.99 Å². The number of hydrogen-bond acceptors (Lipinski definition) is 3. The van der Waals surface area contributed by atoms with E-state index in [9.17, 15) is 8.42 Å². The molecule has 0 aliphatic rings. The van der Waals surface area contributed by atoms with E-state index in [4.69, 9.17) is 0 Å². The summed E-state index contributed by atoms with van der Waals surface area (Å²) in [5.41, 5.74) is 1.39. The summed E-state index contributed by atoms with van der Waals surface area (Å²) in [4.78, 5) is 4.23. The van der Waals surface area contributed by atoms with Crippen molar-refractivity contribution in [3.05, 3.63) is 35.9 Å². The zero-order valence-corrected chi connectivity index (χ0v) is 18.9. The molecule has 0 amide bonds. The maximum atomic E-state index is 11.2. The minimum Gasteiger partial charge on any atom is -0.356 e. The average molecular weight is 481 g/mol. The molecule has 5 nitrogen and oxygen atoms in total. The molecular weight excluding hydrogens is 449 g/mol. The highest BCUT2D eigenvalue weighted by Gasteiger charge is 2.28. The molecule has 0 aliphatic carbocycles. The summed E-state index contributed by atoms with van der Waals surface area (Å²) in [6.07, 6.45) is 3.90. The summed E-state index contributed by atoms with van der Waals surface area (Å²) in [5.74, 6) is 0.903. The van der Waals surface area contributed by atoms with Crippen LogP contribution in [0.2, 0.25) is 0 Å². The Balaban J connectivity index is 0.00000576. The van der Waals surface area contributed by atoms with Crippen molar-refractivity contribution in [3.63, 3.8) is 0 Å². The first kappa shape index (κ1) is 24.2. The van der Waals surface area contributed by atoms with Gasteiger partial charge in [-0.15, -0.1) is 24.0 Å². The molecule has 0 bridgehead atoms. The molecule has 0 aliphatic heterocycles. The van der Waals surface area contributed by atoms with E-state index in [1.165, 1.54) is 11.8 Å². The number of aliphatic imine (C=N–C) groups is 1. The number of nitrogens with zero attached hydrogens (tertiary/aromatic N) is 1. The molecule has 0 aromatic heterocycles. The van der Waals surface area contributed by atoms with Gasteiger partial charge in [0.1, 0.15) is 9.84 Å². The number of hydrogen-bond donors (Lipinski definition) is 2. The fraction of sp³-hybridized carbons (Fsp3) is 0.611. The van der Waals surface area contributed by atoms with Crippen LogP contribution < -0.4 is 10.6 Å². The van der Waals surface area contributed by atoms with Crippen molar-refractivity contribution >= 4 is 39.8 Å². The van der Waals surface area contributed by atoms with Gasteiger partial charge in [-0.2, -0.15) is 0 Å². The van der Waals surface area contributed by atoms with Crippen molar-refractivity contribution in [1.29, 1.82) is 0 Å². The maximum Gasteiger partial charge on any atom is 0.191 e. The first-order chi connectivity index (χ1) is 11.4. The van der Waals surface area contributed by atoms with Gasteiger partial charge in [-0.25, -0.2) is 8.42 Å². The van der Waals surface area contributed by atoms with Crippen LogP contribution in [0, 0.1) is 0 Å². The minimum absolute atomic E-state index is 0. The SMILES string of the molecule is CCC(CC)(CNC(=NC)NCCCS(C)(=O)=O)c1ccccc1.I. The normalized spacial score (nSPS) is 12.4. The van der Waals surface area contributed by atoms with Gasteiger partial charge < -0.3 is 10.6 Å². The maximum absolute atomic E-state index is 11.2. The number of halogens is 1. The van der Waals surface area contributed by atoms with E-state index >= 15 is 0 Å². The first-order valence-electron chi connectivity index (χ1n) is 8.54. The number of rotatable bonds is 9. The second kappa shape index (κ2) is 11.7. The first-order valence-corrected chi connectivity index (χ1v) is 10.6. The smallest absolute Gasteiger partial charge is 0.191 e. The molecule has 1 aromatic rings. The Bertz CT molecular complexity index is 614. The topological polar surface area (TPSA) is 70.6 Å². The van der Waals surface area contributed by atoms with Crippen molar-refractivity contribution < 1.29 is 8.42 Å². The van der Waals surface area contributed by atoms with Crippen molar-refractivity contribution in [1.82, 2.24) is 10.6 Å². The highest BCUT2D eigenvalue weighted by atomic mass is 127. The molecule has 0 spiro atoms. The van der Waals surface area contributed by atoms with Crippen LogP contribution in [0.15, 0.2) is 35.3 Å². The number of nitrogens with one attached hydrogen (secondary N) is 2. The summed E-state index contributed by atoms with van der Waals surface area (Å²) in [6, 6.07) is 10.5. The van der Waals surface area contributed by atoms with Crippen molar-refractivity contribution in [2.75, 3.05) is 32.1 Å². The molecule has 0 saturated heterocycles. The third-order valence-electron chi connectivity index (χ3n) is 4.54. The van der Waals surface area contributed by atoms with E-state index in [2.05, 4.69) is 53.7 Å². The van der Waals surface area contributed by atoms with E-state index in [-0.39, 0.29) is 35.1 Å². The summed E-state index contributed by atoms with van der Waals surface area (Å²) >= 11 is 0. The standard InChI is InChI=1S/C18H31N3O2S.HI/c1-5-18(6-2,16-11-8-7-9-12-16)15-21-17(19-3)20-13-10-14-24(4,22)23;/h7-9,11-12H,5-6,10,13-15H2,1-4H3,(H2,19,20,21);1H. The van der Waals surface area contributed by atoms with E-state index in [1.807, 2.05) is 6.07 Å². The molecule has 25 heavy (non-hydrogen) atoms. The third-order valence-corrected chi connectivity index (χ3v) is 5.57. The van der Waals surface area contributed by atoms with Gasteiger partial charge >= 0.3 is 0 Å². The summed E-state index contributed by atoms with van der Waals surface area (Å²) in [5, 5.41) is 6.59. The Morgan fingerprint density at radius 1 is 1.12 bits per heavy atom. The molecule has 7 heteroatoms. The quantitative estimate of drug-likeness (QED) is 0.246. The van der Waals surface area contributed by atoms with Crippen LogP contribution in [0.1, 0.15) is 38.7 Å². The Hall–Kier alpha value is -0.830. The molecule has 0 saturated carbocycles. The third kappa shape index (κ3) is 8.40. The van der Waals surface area contributed by atoms with Crippen LogP contribution in [0.5, 0.6) is 0 Å². The van der Waals surface area contributed by atoms with E-state index in [0.717, 1.165) is 19.4 Å². The molecule has 1 aromatic carbocycles. The number of sulfone groups is 1. The lowest BCUT2D eigenvalue weighted by Gasteiger charge is -2.33. The van der Waals surface area contributed by atoms with E-state index in [1.54, 1.807) is 7.05 Å². The van der Waals surface area contributed by atoms with Crippen LogP contribution in [-0.4, -0.2) is 46.5 Å². The Labute approximate surface area is 170 Å². The zero-order chi connectivity index (χ0) is 18.1. The number of guanidine groups is 1. The van der Waals surface area contributed by atoms with Gasteiger partial charge in [0, 0.05) is 31.8 Å². The van der Waals surface area contributed by atoms with Crippen LogP contribution in [0.4, 0.5) is 0 Å². The van der Waals surface area contributed by atoms with Gasteiger partial charge in [-0.05, 0) is 24.8 Å². The second-order valence-corrected chi connectivity index (χ2v) is 8.45. The summed E-state index contributed by atoms with van der Waals surface area (Å²) in [7, 11) is -1.18. The molecule has 0 radical (unpaired) electrons. The van der Waals surface area contributed by atoms with Gasteiger partial charge in [-0.1, -0.05) is 44.2 Å². The number of benzene rings is 1. The molecule has 144 valence electrons. The van der Waals surface area contributed by atoms with Gasteiger partial charge in [0.2, 0.25) is 0 Å². The molecule has 0 atom stereocenters. The minimum atomic E-state index is -2.91. The molecule has 0 heterocycles.